The molecule has 6 N–H and O–H groups in total. The standard InChI is InChI=1S/2C4H7NO4.K.Mg.H/c2*5-2(4(8)9)1-3(6)7;;;/h2*2H,1,5H2,(H,6,7)(H,8,9);;;/q;;;+2;/p-2/t2*2-;;;/m00.../s1. The Kier molecular flexibility index (Phi) is 22.1. The van der Waals surface area contributed by atoms with Crippen LogP contribution in [-0.2, 0) is 19.2 Å². The van der Waals surface area contributed by atoms with Crippen LogP contribution in [0, 0.1) is 0 Å². The molecule has 0 rings (SSSR count). The minimum absolute atomic E-state index is 0. The van der Waals surface area contributed by atoms with E-state index < -0.39 is 48.8 Å². The van der Waals surface area contributed by atoms with Gasteiger partial charge in [0.15, 0.2) is 0 Å². The molecule has 10 nitrogen and oxygen atoms in total. The van der Waals surface area contributed by atoms with Gasteiger partial charge in [0, 0.05) is 0 Å². The Balaban J connectivity index is -0.000000116. The maximum Gasteiger partial charge on any atom is 2.00 e. The first-order valence-electron chi connectivity index (χ1n) is 4.44. The van der Waals surface area contributed by atoms with Gasteiger partial charge in [-0.05, 0) is 0 Å². The van der Waals surface area contributed by atoms with E-state index >= 15 is 0 Å². The summed E-state index contributed by atoms with van der Waals surface area (Å²) in [4.78, 5) is 39.0. The van der Waals surface area contributed by atoms with E-state index in [4.69, 9.17) is 21.7 Å². The average Bonchev–Trinajstić information content (AvgIpc) is 2.16. The summed E-state index contributed by atoms with van der Waals surface area (Å²) in [6, 6.07) is -2.80. The first-order chi connectivity index (χ1) is 8.07. The fourth-order valence-corrected chi connectivity index (χ4v) is 0.543. The van der Waals surface area contributed by atoms with Crippen LogP contribution in [0.15, 0.2) is 0 Å². The maximum atomic E-state index is 9.74. The average molecular weight is 329 g/mol. The van der Waals surface area contributed by atoms with Crippen molar-refractivity contribution in [1.82, 2.24) is 0 Å². The smallest absolute Gasteiger partial charge is 2.00 e. The normalized spacial score (nSPS) is 11.3. The summed E-state index contributed by atoms with van der Waals surface area (Å²) in [5.74, 6) is -5.58. The van der Waals surface area contributed by atoms with Crippen LogP contribution in [-0.4, -0.2) is 121 Å². The van der Waals surface area contributed by atoms with Crippen LogP contribution >= 0.6 is 0 Å². The van der Waals surface area contributed by atoms with Gasteiger partial charge in [-0.2, -0.15) is 0 Å². The molecule has 0 aliphatic heterocycles. The zero-order valence-electron chi connectivity index (χ0n) is 9.77. The van der Waals surface area contributed by atoms with Crippen LogP contribution in [0.25, 0.3) is 0 Å². The number of rotatable bonds is 6. The minimum Gasteiger partial charge on any atom is 2.00 e. The molecule has 0 aromatic heterocycles. The zero-order chi connectivity index (χ0) is 14.9. The molecule has 0 aliphatic rings. The number of carboxylic acid groups (broad SMARTS) is 4. The second-order valence-electron chi connectivity index (χ2n) is 3.05. The van der Waals surface area contributed by atoms with E-state index in [1.807, 2.05) is 0 Å². The second-order valence-corrected chi connectivity index (χ2v) is 3.05. The molecule has 0 saturated carbocycles. The van der Waals surface area contributed by atoms with E-state index in [0.29, 0.717) is 0 Å². The molecule has 0 spiro atoms. The monoisotopic (exact) mass is 328 g/mol. The van der Waals surface area contributed by atoms with E-state index in [1.165, 1.54) is 0 Å². The van der Waals surface area contributed by atoms with Gasteiger partial charge in [0.2, 0.25) is 0 Å². The molecule has 20 heavy (non-hydrogen) atoms. The van der Waals surface area contributed by atoms with E-state index in [0.717, 1.165) is 0 Å². The van der Waals surface area contributed by atoms with Crippen molar-refractivity contribution in [2.24, 2.45) is 11.5 Å². The van der Waals surface area contributed by atoms with Gasteiger partial charge in [-0.1, -0.05) is 0 Å². The molecule has 0 saturated heterocycles. The molecule has 2 atom stereocenters. The molecule has 0 amide bonds. The van der Waals surface area contributed by atoms with Crippen LogP contribution in [0.1, 0.15) is 12.8 Å². The van der Waals surface area contributed by atoms with E-state index in [9.17, 15) is 29.4 Å². The van der Waals surface area contributed by atoms with Crippen molar-refractivity contribution in [2.75, 3.05) is 0 Å². The Bertz CT molecular complexity index is 308. The molecule has 106 valence electrons. The van der Waals surface area contributed by atoms with Gasteiger partial charge in [0.05, 0.1) is 36.9 Å². The number of hydrogen-bond acceptors (Lipinski definition) is 8. The first-order valence-corrected chi connectivity index (χ1v) is 4.44. The summed E-state index contributed by atoms with van der Waals surface area (Å²) in [6.45, 7) is 0. The molecule has 0 fully saturated rings. The van der Waals surface area contributed by atoms with Gasteiger partial charge in [-0.15, -0.1) is 0 Å². The van der Waals surface area contributed by atoms with Crippen molar-refractivity contribution in [1.29, 1.82) is 0 Å². The number of nitrogens with two attached hydrogens (primary N) is 2. The summed E-state index contributed by atoms with van der Waals surface area (Å²) in [6.07, 6.45) is -1.19. The molecule has 12 heteroatoms. The number of carbonyl (C=O) groups excluding carboxylic acids is 2. The third-order valence-electron chi connectivity index (χ3n) is 1.39. The Morgan fingerprint density at radius 2 is 1.05 bits per heavy atom. The molecule has 0 aromatic carbocycles. The van der Waals surface area contributed by atoms with Crippen LogP contribution < -0.4 is 21.7 Å². The van der Waals surface area contributed by atoms with Crippen LogP contribution in [0.3, 0.4) is 0 Å². The van der Waals surface area contributed by atoms with Gasteiger partial charge in [0.1, 0.15) is 0 Å². The number of carboxylic acids is 4. The Labute approximate surface area is 172 Å². The van der Waals surface area contributed by atoms with Crippen molar-refractivity contribution in [2.45, 2.75) is 24.9 Å². The van der Waals surface area contributed by atoms with Crippen molar-refractivity contribution >= 4 is 98.3 Å². The van der Waals surface area contributed by atoms with Crippen molar-refractivity contribution in [3.8, 4) is 0 Å². The summed E-state index contributed by atoms with van der Waals surface area (Å²) in [7, 11) is 0. The second kappa shape index (κ2) is 15.6. The third kappa shape index (κ3) is 20.5. The molecule has 0 radical (unpaired) electrons. The summed E-state index contributed by atoms with van der Waals surface area (Å²) < 4.78 is 0. The van der Waals surface area contributed by atoms with Gasteiger partial charge in [0.25, 0.3) is 0 Å². The zero-order valence-corrected chi connectivity index (χ0v) is 11.2. The summed E-state index contributed by atoms with van der Waals surface area (Å²) in [5.41, 5.74) is 9.55. The molecule has 0 unspecified atom stereocenters. The molecule has 0 bridgehead atoms. The van der Waals surface area contributed by atoms with Crippen LogP contribution in [0.5, 0.6) is 0 Å². The maximum absolute atomic E-state index is 9.74. The predicted molar refractivity (Wildman–Crippen MR) is 63.4 cm³/mol. The molecular formula is C8H13KMgN2O8. The topological polar surface area (TPSA) is 207 Å². The van der Waals surface area contributed by atoms with E-state index in [-0.39, 0.29) is 74.4 Å². The van der Waals surface area contributed by atoms with Gasteiger partial charge in [-0.25, -0.2) is 0 Å². The molecular weight excluding hydrogens is 315 g/mol. The fraction of sp³-hybridized carbons (Fsp3) is 0.500. The van der Waals surface area contributed by atoms with Crippen LogP contribution in [0.4, 0.5) is 0 Å². The quantitative estimate of drug-likeness (QED) is 0.339. The fourth-order valence-electron chi connectivity index (χ4n) is 0.543. The van der Waals surface area contributed by atoms with Crippen molar-refractivity contribution < 1.29 is 39.6 Å². The molecule has 0 aromatic rings. The summed E-state index contributed by atoms with van der Waals surface area (Å²) >= 11 is 0. The number of aliphatic carboxylic acids is 4. The SMILES string of the molecule is N[C@@H](CC(=O)O)C(=O)[O-].N[C@@H](CC(=O)O)C(=O)[O-].[KH].[Mg+2]. The summed E-state index contributed by atoms with van der Waals surface area (Å²) in [5, 5.41) is 35.4. The molecule has 0 aliphatic carbocycles. The predicted octanol–water partition coefficient (Wildman–Crippen LogP) is -5.95. The Hall–Kier alpha value is 0.203. The first kappa shape index (κ1) is 28.4. The minimum atomic E-state index is -1.54. The van der Waals surface area contributed by atoms with Crippen LogP contribution in [0.2, 0.25) is 0 Å². The number of carbonyl (C=O) groups is 4. The molecule has 0 heterocycles. The van der Waals surface area contributed by atoms with Crippen molar-refractivity contribution in [3.63, 3.8) is 0 Å². The van der Waals surface area contributed by atoms with Gasteiger partial charge >= 0.3 is 86.4 Å². The largest absolute Gasteiger partial charge is 2.00 e. The van der Waals surface area contributed by atoms with E-state index in [2.05, 4.69) is 0 Å². The van der Waals surface area contributed by atoms with Gasteiger partial charge < -0.3 is 41.5 Å². The third-order valence-corrected chi connectivity index (χ3v) is 1.39. The van der Waals surface area contributed by atoms with Gasteiger partial charge in [-0.3, -0.25) is 9.59 Å². The Morgan fingerprint density at radius 1 is 0.850 bits per heavy atom. The van der Waals surface area contributed by atoms with Crippen molar-refractivity contribution in [3.05, 3.63) is 0 Å². The van der Waals surface area contributed by atoms with E-state index in [1.54, 1.807) is 0 Å². The Morgan fingerprint density at radius 3 is 1.10 bits per heavy atom. The number of hydrogen-bond donors (Lipinski definition) is 4.